The van der Waals surface area contributed by atoms with Crippen LogP contribution in [0.2, 0.25) is 5.02 Å². The number of ether oxygens (including phenoxy) is 2. The molecule has 22 heavy (non-hydrogen) atoms. The van der Waals surface area contributed by atoms with Crippen molar-refractivity contribution in [3.63, 3.8) is 0 Å². The van der Waals surface area contributed by atoms with Crippen LogP contribution in [-0.2, 0) is 0 Å². The molecule has 0 bridgehead atoms. The van der Waals surface area contributed by atoms with Crippen LogP contribution in [0.4, 0.5) is 0 Å². The second-order valence-electron chi connectivity index (χ2n) is 4.74. The van der Waals surface area contributed by atoms with Crippen LogP contribution in [0.5, 0.6) is 11.5 Å². The highest BCUT2D eigenvalue weighted by atomic mass is 35.5. The molecule has 0 spiro atoms. The summed E-state index contributed by atoms with van der Waals surface area (Å²) in [5.41, 5.74) is 2.15. The average molecular weight is 316 g/mol. The zero-order chi connectivity index (χ0) is 15.7. The van der Waals surface area contributed by atoms with E-state index in [0.717, 1.165) is 10.9 Å². The Bertz CT molecular complexity index is 885. The van der Waals surface area contributed by atoms with Crippen LogP contribution in [0.15, 0.2) is 46.9 Å². The SMILES string of the molecule is COc1cc(OC)c2cc(-c3ccc(Cl)cc3)c(=N)oc2c1. The number of fused-ring (bicyclic) bond motifs is 1. The highest BCUT2D eigenvalue weighted by Gasteiger charge is 2.11. The first kappa shape index (κ1) is 14.5. The highest BCUT2D eigenvalue weighted by molar-refractivity contribution is 6.30. The fourth-order valence-electron chi connectivity index (χ4n) is 2.31. The quantitative estimate of drug-likeness (QED) is 0.786. The van der Waals surface area contributed by atoms with Crippen LogP contribution in [0.1, 0.15) is 0 Å². The van der Waals surface area contributed by atoms with E-state index in [1.807, 2.05) is 18.2 Å². The summed E-state index contributed by atoms with van der Waals surface area (Å²) in [5, 5.41) is 9.55. The van der Waals surface area contributed by atoms with Crippen LogP contribution in [-0.4, -0.2) is 14.2 Å². The summed E-state index contributed by atoms with van der Waals surface area (Å²) in [4.78, 5) is 0. The lowest BCUT2D eigenvalue weighted by Gasteiger charge is -2.10. The van der Waals surface area contributed by atoms with Gasteiger partial charge in [0.2, 0.25) is 5.55 Å². The molecule has 3 aromatic rings. The fourth-order valence-corrected chi connectivity index (χ4v) is 2.44. The minimum Gasteiger partial charge on any atom is -0.496 e. The normalized spacial score (nSPS) is 10.7. The van der Waals surface area contributed by atoms with E-state index < -0.39 is 0 Å². The predicted octanol–water partition coefficient (Wildman–Crippen LogP) is 4.25. The van der Waals surface area contributed by atoms with Crippen LogP contribution >= 0.6 is 11.6 Å². The lowest BCUT2D eigenvalue weighted by Crippen LogP contribution is -2.03. The Morgan fingerprint density at radius 1 is 1.00 bits per heavy atom. The average Bonchev–Trinajstić information content (AvgIpc) is 2.54. The van der Waals surface area contributed by atoms with Crippen molar-refractivity contribution >= 4 is 22.6 Å². The molecule has 2 aromatic carbocycles. The Kier molecular flexibility index (Phi) is 3.77. The molecule has 0 amide bonds. The van der Waals surface area contributed by atoms with E-state index in [4.69, 9.17) is 30.9 Å². The van der Waals surface area contributed by atoms with Gasteiger partial charge in [-0.25, -0.2) is 0 Å². The first-order chi connectivity index (χ1) is 10.6. The van der Waals surface area contributed by atoms with Crippen molar-refractivity contribution in [3.8, 4) is 22.6 Å². The van der Waals surface area contributed by atoms with Crippen molar-refractivity contribution in [1.29, 1.82) is 5.41 Å². The molecule has 0 fully saturated rings. The largest absolute Gasteiger partial charge is 0.496 e. The molecule has 0 radical (unpaired) electrons. The molecular formula is C17H14ClNO3. The smallest absolute Gasteiger partial charge is 0.219 e. The summed E-state index contributed by atoms with van der Waals surface area (Å²) >= 11 is 5.91. The van der Waals surface area contributed by atoms with Gasteiger partial charge >= 0.3 is 0 Å². The molecule has 1 N–H and O–H groups in total. The molecule has 112 valence electrons. The maximum absolute atomic E-state index is 8.12. The summed E-state index contributed by atoms with van der Waals surface area (Å²) in [6, 6.07) is 12.7. The van der Waals surface area contributed by atoms with Gasteiger partial charge in [0.15, 0.2) is 0 Å². The van der Waals surface area contributed by atoms with Crippen LogP contribution in [0.3, 0.4) is 0 Å². The van der Waals surface area contributed by atoms with Gasteiger partial charge in [-0.15, -0.1) is 0 Å². The molecule has 5 heteroatoms. The van der Waals surface area contributed by atoms with Crippen molar-refractivity contribution in [1.82, 2.24) is 0 Å². The standard InChI is InChI=1S/C17H14ClNO3/c1-20-12-7-15(21-2)14-9-13(17(19)22-16(14)8-12)10-3-5-11(18)6-4-10/h3-9,19H,1-2H3. The molecule has 1 heterocycles. The van der Waals surface area contributed by atoms with E-state index in [1.165, 1.54) is 0 Å². The molecule has 3 rings (SSSR count). The Morgan fingerprint density at radius 2 is 1.73 bits per heavy atom. The Morgan fingerprint density at radius 3 is 2.36 bits per heavy atom. The summed E-state index contributed by atoms with van der Waals surface area (Å²) < 4.78 is 16.3. The first-order valence-electron chi connectivity index (χ1n) is 6.63. The first-order valence-corrected chi connectivity index (χ1v) is 7.00. The molecule has 0 unspecified atom stereocenters. The van der Waals surface area contributed by atoms with Crippen molar-refractivity contribution in [2.45, 2.75) is 0 Å². The van der Waals surface area contributed by atoms with Gasteiger partial charge in [-0.3, -0.25) is 5.41 Å². The van der Waals surface area contributed by atoms with Gasteiger partial charge in [0.25, 0.3) is 0 Å². The number of hydrogen-bond donors (Lipinski definition) is 1. The van der Waals surface area contributed by atoms with Gasteiger partial charge in [0.05, 0.1) is 19.6 Å². The van der Waals surface area contributed by atoms with Gasteiger partial charge in [-0.2, -0.15) is 0 Å². The van der Waals surface area contributed by atoms with Gasteiger partial charge in [-0.1, -0.05) is 23.7 Å². The summed E-state index contributed by atoms with van der Waals surface area (Å²) in [7, 11) is 3.16. The third kappa shape index (κ3) is 2.53. The number of hydrogen-bond acceptors (Lipinski definition) is 4. The van der Waals surface area contributed by atoms with Crippen LogP contribution < -0.4 is 15.0 Å². The molecule has 0 aliphatic heterocycles. The van der Waals surface area contributed by atoms with E-state index in [-0.39, 0.29) is 5.55 Å². The van der Waals surface area contributed by atoms with E-state index >= 15 is 0 Å². The molecule has 4 nitrogen and oxygen atoms in total. The summed E-state index contributed by atoms with van der Waals surface area (Å²) in [6.07, 6.45) is 0. The van der Waals surface area contributed by atoms with Crippen molar-refractivity contribution < 1.29 is 13.9 Å². The van der Waals surface area contributed by atoms with Gasteiger partial charge in [-0.05, 0) is 23.8 Å². The Balaban J connectivity index is 2.27. The van der Waals surface area contributed by atoms with Gasteiger partial charge in [0.1, 0.15) is 17.1 Å². The Hall–Kier alpha value is -2.46. The molecule has 0 saturated heterocycles. The zero-order valence-electron chi connectivity index (χ0n) is 12.1. The van der Waals surface area contributed by atoms with Gasteiger partial charge in [0, 0.05) is 22.7 Å². The number of halogens is 1. The topological polar surface area (TPSA) is 55.5 Å². The monoisotopic (exact) mass is 315 g/mol. The van der Waals surface area contributed by atoms with Crippen molar-refractivity contribution in [2.24, 2.45) is 0 Å². The number of nitrogens with one attached hydrogen (secondary N) is 1. The molecule has 0 aliphatic carbocycles. The molecule has 0 atom stereocenters. The molecular weight excluding hydrogens is 302 g/mol. The molecule has 0 aliphatic rings. The maximum atomic E-state index is 8.12. The lowest BCUT2D eigenvalue weighted by atomic mass is 10.1. The van der Waals surface area contributed by atoms with E-state index in [2.05, 4.69) is 0 Å². The van der Waals surface area contributed by atoms with Crippen molar-refractivity contribution in [3.05, 3.63) is 53.0 Å². The minimum atomic E-state index is 0.0742. The van der Waals surface area contributed by atoms with E-state index in [9.17, 15) is 0 Å². The Labute approximate surface area is 132 Å². The summed E-state index contributed by atoms with van der Waals surface area (Å²) in [5.74, 6) is 1.25. The predicted molar refractivity (Wildman–Crippen MR) is 85.6 cm³/mol. The third-order valence-corrected chi connectivity index (χ3v) is 3.69. The summed E-state index contributed by atoms with van der Waals surface area (Å²) in [6.45, 7) is 0. The van der Waals surface area contributed by atoms with Gasteiger partial charge < -0.3 is 13.9 Å². The minimum absolute atomic E-state index is 0.0742. The molecule has 1 aromatic heterocycles. The third-order valence-electron chi connectivity index (χ3n) is 3.43. The second kappa shape index (κ2) is 5.73. The van der Waals surface area contributed by atoms with Crippen LogP contribution in [0.25, 0.3) is 22.1 Å². The van der Waals surface area contributed by atoms with E-state index in [0.29, 0.717) is 27.7 Å². The second-order valence-corrected chi connectivity index (χ2v) is 5.17. The number of benzene rings is 2. The number of rotatable bonds is 3. The fraction of sp³-hybridized carbons (Fsp3) is 0.118. The lowest BCUT2D eigenvalue weighted by molar-refractivity contribution is 0.395. The van der Waals surface area contributed by atoms with E-state index in [1.54, 1.807) is 38.5 Å². The maximum Gasteiger partial charge on any atom is 0.219 e. The van der Waals surface area contributed by atoms with Crippen molar-refractivity contribution in [2.75, 3.05) is 14.2 Å². The molecule has 0 saturated carbocycles. The zero-order valence-corrected chi connectivity index (χ0v) is 12.9. The highest BCUT2D eigenvalue weighted by Crippen LogP contribution is 2.32. The number of methoxy groups -OCH3 is 2. The van der Waals surface area contributed by atoms with Crippen LogP contribution in [0, 0.1) is 5.41 Å².